The molecule has 0 aliphatic carbocycles. The Balaban J connectivity index is 1.80. The normalized spacial score (nSPS) is 10.5. The van der Waals surface area contributed by atoms with Crippen molar-refractivity contribution in [3.05, 3.63) is 52.3 Å². The molecule has 21 heavy (non-hydrogen) atoms. The highest BCUT2D eigenvalue weighted by Crippen LogP contribution is 2.27. The Bertz CT molecular complexity index is 584. The molecule has 1 heterocycles. The second-order valence-corrected chi connectivity index (χ2v) is 4.56. The molecule has 0 unspecified atom stereocenters. The van der Waals surface area contributed by atoms with Gasteiger partial charge in [0.1, 0.15) is 0 Å². The van der Waals surface area contributed by atoms with Crippen LogP contribution in [0.2, 0.25) is 0 Å². The van der Waals surface area contributed by atoms with Gasteiger partial charge in [-0.2, -0.15) is 5.10 Å². The van der Waals surface area contributed by atoms with E-state index in [1.54, 1.807) is 18.3 Å². The topological polar surface area (TPSA) is 82.2 Å². The average molecular weight is 290 g/mol. The molecule has 0 radical (unpaired) electrons. The van der Waals surface area contributed by atoms with Crippen LogP contribution in [-0.2, 0) is 13.1 Å². The van der Waals surface area contributed by atoms with Gasteiger partial charge in [-0.25, -0.2) is 0 Å². The lowest BCUT2D eigenvalue weighted by molar-refractivity contribution is -0.385. The Labute approximate surface area is 122 Å². The number of ether oxygens (including phenoxy) is 1. The molecule has 1 N–H and O–H groups in total. The SMILES string of the molecule is COc1ccc(CNCCCn2cccn2)cc1[N+](=O)[O-]. The number of methoxy groups -OCH3 is 1. The maximum absolute atomic E-state index is 10.9. The van der Waals surface area contributed by atoms with Crippen LogP contribution in [0.1, 0.15) is 12.0 Å². The van der Waals surface area contributed by atoms with Gasteiger partial charge in [0.2, 0.25) is 0 Å². The molecule has 0 bridgehead atoms. The molecule has 1 aromatic heterocycles. The lowest BCUT2D eigenvalue weighted by Crippen LogP contribution is -2.16. The van der Waals surface area contributed by atoms with Gasteiger partial charge in [-0.05, 0) is 30.7 Å². The number of aromatic nitrogens is 2. The van der Waals surface area contributed by atoms with Crippen molar-refractivity contribution in [1.29, 1.82) is 0 Å². The fourth-order valence-electron chi connectivity index (χ4n) is 2.02. The molecule has 0 fully saturated rings. The van der Waals surface area contributed by atoms with Crippen LogP contribution in [0.15, 0.2) is 36.7 Å². The minimum Gasteiger partial charge on any atom is -0.490 e. The van der Waals surface area contributed by atoms with Crippen LogP contribution in [0, 0.1) is 10.1 Å². The molecule has 0 spiro atoms. The van der Waals surface area contributed by atoms with Crippen LogP contribution in [0.3, 0.4) is 0 Å². The van der Waals surface area contributed by atoms with Crippen molar-refractivity contribution in [1.82, 2.24) is 15.1 Å². The third-order valence-electron chi connectivity index (χ3n) is 3.07. The van der Waals surface area contributed by atoms with Crippen molar-refractivity contribution in [3.63, 3.8) is 0 Å². The number of nitrogens with one attached hydrogen (secondary N) is 1. The van der Waals surface area contributed by atoms with E-state index in [2.05, 4.69) is 10.4 Å². The molecule has 0 amide bonds. The quantitative estimate of drug-likeness (QED) is 0.456. The molecule has 0 aliphatic rings. The fraction of sp³-hybridized carbons (Fsp3) is 0.357. The van der Waals surface area contributed by atoms with Crippen molar-refractivity contribution in [2.24, 2.45) is 0 Å². The van der Waals surface area contributed by atoms with E-state index in [0.717, 1.165) is 25.1 Å². The fourth-order valence-corrected chi connectivity index (χ4v) is 2.02. The standard InChI is InChI=1S/C14H18N4O3/c1-21-14-5-4-12(10-13(14)18(19)20)11-15-6-2-8-17-9-3-7-16-17/h3-5,7,9-10,15H,2,6,8,11H2,1H3. The van der Waals surface area contributed by atoms with Gasteiger partial charge in [-0.1, -0.05) is 6.07 Å². The van der Waals surface area contributed by atoms with Gasteiger partial charge in [0.05, 0.1) is 12.0 Å². The zero-order valence-corrected chi connectivity index (χ0v) is 11.9. The van der Waals surface area contributed by atoms with Crippen LogP contribution >= 0.6 is 0 Å². The summed E-state index contributed by atoms with van der Waals surface area (Å²) in [5, 5.41) is 18.3. The Hall–Kier alpha value is -2.41. The molecule has 112 valence electrons. The zero-order chi connectivity index (χ0) is 15.1. The highest BCUT2D eigenvalue weighted by Gasteiger charge is 2.14. The number of nitro groups is 1. The smallest absolute Gasteiger partial charge is 0.311 e. The van der Waals surface area contributed by atoms with E-state index in [-0.39, 0.29) is 11.4 Å². The first-order chi connectivity index (χ1) is 10.2. The van der Waals surface area contributed by atoms with E-state index >= 15 is 0 Å². The van der Waals surface area contributed by atoms with E-state index in [4.69, 9.17) is 4.74 Å². The molecular formula is C14H18N4O3. The molecule has 1 aromatic carbocycles. The van der Waals surface area contributed by atoms with Crippen molar-refractivity contribution >= 4 is 5.69 Å². The Kier molecular flexibility index (Phi) is 5.28. The summed E-state index contributed by atoms with van der Waals surface area (Å²) in [5.41, 5.74) is 0.856. The molecule has 2 rings (SSSR count). The van der Waals surface area contributed by atoms with Gasteiger partial charge in [-0.15, -0.1) is 0 Å². The molecule has 0 saturated carbocycles. The number of nitro benzene ring substituents is 1. The predicted octanol–water partition coefficient (Wildman–Crippen LogP) is 1.98. The molecule has 2 aromatic rings. The minimum absolute atomic E-state index is 0.00617. The number of aryl methyl sites for hydroxylation is 1. The summed E-state index contributed by atoms with van der Waals surface area (Å²) in [4.78, 5) is 10.5. The third-order valence-corrected chi connectivity index (χ3v) is 3.07. The molecule has 7 nitrogen and oxygen atoms in total. The van der Waals surface area contributed by atoms with Gasteiger partial charge < -0.3 is 10.1 Å². The van der Waals surface area contributed by atoms with E-state index in [0.29, 0.717) is 6.54 Å². The van der Waals surface area contributed by atoms with E-state index in [1.807, 2.05) is 23.0 Å². The van der Waals surface area contributed by atoms with Gasteiger partial charge >= 0.3 is 5.69 Å². The summed E-state index contributed by atoms with van der Waals surface area (Å²) in [6, 6.07) is 6.88. The molecule has 0 aliphatic heterocycles. The number of hydrogen-bond acceptors (Lipinski definition) is 5. The lowest BCUT2D eigenvalue weighted by Gasteiger charge is -2.07. The average Bonchev–Trinajstić information content (AvgIpc) is 3.00. The summed E-state index contributed by atoms with van der Waals surface area (Å²) in [6.07, 6.45) is 4.62. The molecule has 0 atom stereocenters. The summed E-state index contributed by atoms with van der Waals surface area (Å²) in [6.45, 7) is 2.26. The lowest BCUT2D eigenvalue weighted by atomic mass is 10.2. The monoisotopic (exact) mass is 290 g/mol. The Morgan fingerprint density at radius 1 is 1.48 bits per heavy atom. The van der Waals surface area contributed by atoms with Crippen LogP contribution < -0.4 is 10.1 Å². The largest absolute Gasteiger partial charge is 0.490 e. The van der Waals surface area contributed by atoms with Crippen LogP contribution in [0.25, 0.3) is 0 Å². The maximum atomic E-state index is 10.9. The van der Waals surface area contributed by atoms with Crippen molar-refractivity contribution in [2.45, 2.75) is 19.5 Å². The molecular weight excluding hydrogens is 272 g/mol. The van der Waals surface area contributed by atoms with Crippen LogP contribution in [0.5, 0.6) is 5.75 Å². The third kappa shape index (κ3) is 4.28. The highest BCUT2D eigenvalue weighted by atomic mass is 16.6. The first kappa shape index (κ1) is 15.0. The van der Waals surface area contributed by atoms with E-state index < -0.39 is 4.92 Å². The minimum atomic E-state index is -0.431. The van der Waals surface area contributed by atoms with Gasteiger partial charge in [-0.3, -0.25) is 14.8 Å². The summed E-state index contributed by atoms with van der Waals surface area (Å²) < 4.78 is 6.85. The first-order valence-electron chi connectivity index (χ1n) is 6.70. The van der Waals surface area contributed by atoms with Gasteiger partial charge in [0.15, 0.2) is 5.75 Å². The highest BCUT2D eigenvalue weighted by molar-refractivity contribution is 5.48. The number of nitrogens with zero attached hydrogens (tertiary/aromatic N) is 3. The van der Waals surface area contributed by atoms with E-state index in [1.165, 1.54) is 7.11 Å². The summed E-state index contributed by atoms with van der Waals surface area (Å²) in [7, 11) is 1.43. The Morgan fingerprint density at radius 3 is 3.00 bits per heavy atom. The molecule has 7 heteroatoms. The first-order valence-corrected chi connectivity index (χ1v) is 6.70. The predicted molar refractivity (Wildman–Crippen MR) is 78.2 cm³/mol. The van der Waals surface area contributed by atoms with Crippen LogP contribution in [0.4, 0.5) is 5.69 Å². The van der Waals surface area contributed by atoms with Crippen LogP contribution in [-0.4, -0.2) is 28.4 Å². The Morgan fingerprint density at radius 2 is 2.33 bits per heavy atom. The summed E-state index contributed by atoms with van der Waals surface area (Å²) in [5.74, 6) is 0.280. The second kappa shape index (κ2) is 7.39. The zero-order valence-electron chi connectivity index (χ0n) is 11.9. The van der Waals surface area contributed by atoms with E-state index in [9.17, 15) is 10.1 Å². The van der Waals surface area contributed by atoms with Crippen molar-refractivity contribution in [2.75, 3.05) is 13.7 Å². The summed E-state index contributed by atoms with van der Waals surface area (Å²) >= 11 is 0. The van der Waals surface area contributed by atoms with Crippen molar-refractivity contribution < 1.29 is 9.66 Å². The number of benzene rings is 1. The van der Waals surface area contributed by atoms with Gasteiger partial charge in [0.25, 0.3) is 0 Å². The number of rotatable bonds is 8. The number of hydrogen-bond donors (Lipinski definition) is 1. The van der Waals surface area contributed by atoms with Gasteiger partial charge in [0, 0.05) is 31.5 Å². The van der Waals surface area contributed by atoms with Crippen molar-refractivity contribution in [3.8, 4) is 5.75 Å². The molecule has 0 saturated heterocycles. The second-order valence-electron chi connectivity index (χ2n) is 4.56. The maximum Gasteiger partial charge on any atom is 0.311 e.